The van der Waals surface area contributed by atoms with Gasteiger partial charge >= 0.3 is 0 Å². The number of terminal acetylenes is 1. The van der Waals surface area contributed by atoms with Crippen LogP contribution in [0.15, 0.2) is 18.2 Å². The van der Waals surface area contributed by atoms with Crippen molar-refractivity contribution in [3.63, 3.8) is 0 Å². The molecular formula is C14H18FNO. The van der Waals surface area contributed by atoms with Gasteiger partial charge in [-0.2, -0.15) is 0 Å². The minimum atomic E-state index is -0.343. The van der Waals surface area contributed by atoms with Gasteiger partial charge in [0.05, 0.1) is 6.61 Å². The van der Waals surface area contributed by atoms with Crippen LogP contribution < -0.4 is 10.1 Å². The third kappa shape index (κ3) is 4.88. The molecule has 1 aromatic carbocycles. The third-order valence-electron chi connectivity index (χ3n) is 2.21. The summed E-state index contributed by atoms with van der Waals surface area (Å²) >= 11 is 0. The Bertz CT molecular complexity index is 396. The second-order valence-corrected chi connectivity index (χ2v) is 4.10. The Labute approximate surface area is 102 Å². The Balaban J connectivity index is 2.57. The van der Waals surface area contributed by atoms with Crippen LogP contribution in [0, 0.1) is 18.2 Å². The average Bonchev–Trinajstić information content (AvgIpc) is 2.29. The molecule has 92 valence electrons. The van der Waals surface area contributed by atoms with Gasteiger partial charge in [-0.05, 0) is 17.7 Å². The molecule has 0 unspecified atom stereocenters. The zero-order valence-corrected chi connectivity index (χ0v) is 10.3. The number of hydrogen-bond donors (Lipinski definition) is 1. The van der Waals surface area contributed by atoms with Gasteiger partial charge in [-0.1, -0.05) is 19.9 Å². The molecule has 0 spiro atoms. The molecule has 0 saturated heterocycles. The highest BCUT2D eigenvalue weighted by Crippen LogP contribution is 2.18. The summed E-state index contributed by atoms with van der Waals surface area (Å²) in [6.45, 7) is 5.09. The molecule has 17 heavy (non-hydrogen) atoms. The van der Waals surface area contributed by atoms with Gasteiger partial charge in [0, 0.05) is 19.0 Å². The normalized spacial score (nSPS) is 10.3. The van der Waals surface area contributed by atoms with Gasteiger partial charge in [0.25, 0.3) is 0 Å². The van der Waals surface area contributed by atoms with E-state index in [9.17, 15) is 4.39 Å². The Morgan fingerprint density at radius 3 is 2.82 bits per heavy atom. The van der Waals surface area contributed by atoms with Crippen LogP contribution in [0.3, 0.4) is 0 Å². The molecule has 0 saturated carbocycles. The molecule has 0 atom stereocenters. The van der Waals surface area contributed by atoms with Gasteiger partial charge in [0.15, 0.2) is 11.6 Å². The summed E-state index contributed by atoms with van der Waals surface area (Å²) in [4.78, 5) is 0. The van der Waals surface area contributed by atoms with Gasteiger partial charge in [-0.25, -0.2) is 4.39 Å². The van der Waals surface area contributed by atoms with Crippen LogP contribution in [0.25, 0.3) is 0 Å². The summed E-state index contributed by atoms with van der Waals surface area (Å²) in [6, 6.07) is 5.36. The highest BCUT2D eigenvalue weighted by atomic mass is 19.1. The van der Waals surface area contributed by atoms with Crippen molar-refractivity contribution in [2.75, 3.05) is 6.61 Å². The predicted octanol–water partition coefficient (Wildman–Crippen LogP) is 2.73. The van der Waals surface area contributed by atoms with Crippen molar-refractivity contribution >= 4 is 0 Å². The van der Waals surface area contributed by atoms with Crippen LogP contribution >= 0.6 is 0 Å². The molecule has 0 bridgehead atoms. The van der Waals surface area contributed by atoms with Gasteiger partial charge < -0.3 is 10.1 Å². The lowest BCUT2D eigenvalue weighted by Crippen LogP contribution is -2.21. The molecule has 0 fully saturated rings. The first kappa shape index (κ1) is 13.5. The lowest BCUT2D eigenvalue weighted by atomic mass is 10.2. The standard InChI is InChI=1S/C14H18FNO/c1-4-5-8-17-14-7-6-12(9-13(14)15)10-16-11(2)3/h1,6-7,9,11,16H,5,8,10H2,2-3H3. The average molecular weight is 235 g/mol. The van der Waals surface area contributed by atoms with E-state index in [1.165, 1.54) is 6.07 Å². The number of benzene rings is 1. The molecule has 0 aliphatic heterocycles. The van der Waals surface area contributed by atoms with Crippen LogP contribution in [-0.2, 0) is 6.54 Å². The van der Waals surface area contributed by atoms with Crippen LogP contribution in [0.2, 0.25) is 0 Å². The molecule has 2 nitrogen and oxygen atoms in total. The largest absolute Gasteiger partial charge is 0.490 e. The molecular weight excluding hydrogens is 217 g/mol. The number of nitrogens with one attached hydrogen (secondary N) is 1. The molecule has 1 rings (SSSR count). The topological polar surface area (TPSA) is 21.3 Å². The van der Waals surface area contributed by atoms with Crippen molar-refractivity contribution in [2.24, 2.45) is 0 Å². The second-order valence-electron chi connectivity index (χ2n) is 4.10. The van der Waals surface area contributed by atoms with Crippen LogP contribution in [0.1, 0.15) is 25.8 Å². The van der Waals surface area contributed by atoms with Gasteiger partial charge in [-0.3, -0.25) is 0 Å². The minimum absolute atomic E-state index is 0.258. The summed E-state index contributed by atoms with van der Waals surface area (Å²) in [6.07, 6.45) is 5.57. The molecule has 3 heteroatoms. The van der Waals surface area contributed by atoms with Crippen molar-refractivity contribution in [2.45, 2.75) is 32.9 Å². The zero-order chi connectivity index (χ0) is 12.7. The Kier molecular flexibility index (Phi) is 5.51. The summed E-state index contributed by atoms with van der Waals surface area (Å²) in [5, 5.41) is 3.23. The van der Waals surface area contributed by atoms with Gasteiger partial charge in [0.1, 0.15) is 0 Å². The van der Waals surface area contributed by atoms with Crippen molar-refractivity contribution < 1.29 is 9.13 Å². The first-order chi connectivity index (χ1) is 8.13. The molecule has 0 amide bonds. The maximum atomic E-state index is 13.6. The van der Waals surface area contributed by atoms with E-state index < -0.39 is 0 Å². The molecule has 0 aromatic heterocycles. The molecule has 0 aliphatic rings. The van der Waals surface area contributed by atoms with E-state index in [4.69, 9.17) is 11.2 Å². The van der Waals surface area contributed by atoms with Crippen molar-refractivity contribution in [3.05, 3.63) is 29.6 Å². The number of hydrogen-bond acceptors (Lipinski definition) is 2. The fraction of sp³-hybridized carbons (Fsp3) is 0.429. The van der Waals surface area contributed by atoms with Crippen molar-refractivity contribution in [1.29, 1.82) is 0 Å². The summed E-state index contributed by atoms with van der Waals surface area (Å²) in [7, 11) is 0. The highest BCUT2D eigenvalue weighted by Gasteiger charge is 2.04. The van der Waals surface area contributed by atoms with E-state index >= 15 is 0 Å². The maximum Gasteiger partial charge on any atom is 0.165 e. The number of halogens is 1. The SMILES string of the molecule is C#CCCOc1ccc(CNC(C)C)cc1F. The molecule has 0 aliphatic carbocycles. The van der Waals surface area contributed by atoms with E-state index in [1.807, 2.05) is 19.9 Å². The van der Waals surface area contributed by atoms with Gasteiger partial charge in [-0.15, -0.1) is 12.3 Å². The minimum Gasteiger partial charge on any atom is -0.490 e. The van der Waals surface area contributed by atoms with Crippen LogP contribution in [0.5, 0.6) is 5.75 Å². The monoisotopic (exact) mass is 235 g/mol. The lowest BCUT2D eigenvalue weighted by Gasteiger charge is -2.10. The van der Waals surface area contributed by atoms with Crippen LogP contribution in [-0.4, -0.2) is 12.6 Å². The molecule has 0 radical (unpaired) electrons. The summed E-state index contributed by atoms with van der Waals surface area (Å²) in [5.41, 5.74) is 0.903. The Morgan fingerprint density at radius 2 is 2.24 bits per heavy atom. The summed E-state index contributed by atoms with van der Waals surface area (Å²) in [5.74, 6) is 2.36. The maximum absolute atomic E-state index is 13.6. The third-order valence-corrected chi connectivity index (χ3v) is 2.21. The highest BCUT2D eigenvalue weighted by molar-refractivity contribution is 5.29. The number of ether oxygens (including phenoxy) is 1. The molecule has 1 N–H and O–H groups in total. The smallest absolute Gasteiger partial charge is 0.165 e. The van der Waals surface area contributed by atoms with Crippen molar-refractivity contribution in [3.8, 4) is 18.1 Å². The van der Waals surface area contributed by atoms with E-state index in [0.717, 1.165) is 5.56 Å². The Morgan fingerprint density at radius 1 is 1.47 bits per heavy atom. The number of rotatable bonds is 6. The summed E-state index contributed by atoms with van der Waals surface area (Å²) < 4.78 is 18.8. The fourth-order valence-corrected chi connectivity index (χ4v) is 1.31. The van der Waals surface area contributed by atoms with Crippen LogP contribution in [0.4, 0.5) is 4.39 Å². The first-order valence-electron chi connectivity index (χ1n) is 5.71. The Hall–Kier alpha value is -1.53. The van der Waals surface area contributed by atoms with Gasteiger partial charge in [0.2, 0.25) is 0 Å². The fourth-order valence-electron chi connectivity index (χ4n) is 1.31. The zero-order valence-electron chi connectivity index (χ0n) is 10.3. The lowest BCUT2D eigenvalue weighted by molar-refractivity contribution is 0.309. The van der Waals surface area contributed by atoms with Crippen molar-refractivity contribution in [1.82, 2.24) is 5.32 Å². The second kappa shape index (κ2) is 6.93. The first-order valence-corrected chi connectivity index (χ1v) is 5.71. The van der Waals surface area contributed by atoms with E-state index in [1.54, 1.807) is 6.07 Å². The quantitative estimate of drug-likeness (QED) is 0.604. The molecule has 1 aromatic rings. The molecule has 0 heterocycles. The van der Waals surface area contributed by atoms with E-state index in [0.29, 0.717) is 25.6 Å². The van der Waals surface area contributed by atoms with E-state index in [2.05, 4.69) is 11.2 Å². The van der Waals surface area contributed by atoms with E-state index in [-0.39, 0.29) is 11.6 Å². The predicted molar refractivity (Wildman–Crippen MR) is 67.3 cm³/mol.